The fraction of sp³-hybridized carbons (Fsp3) is 0.500. The Labute approximate surface area is 119 Å². The number of likely N-dealkylation sites (tertiary alicyclic amines) is 1. The van der Waals surface area contributed by atoms with Gasteiger partial charge in [-0.25, -0.2) is 4.98 Å². The van der Waals surface area contributed by atoms with Crippen LogP contribution in [0.4, 0.5) is 0 Å². The van der Waals surface area contributed by atoms with E-state index in [9.17, 15) is 4.79 Å². The molecule has 1 aromatic carbocycles. The van der Waals surface area contributed by atoms with Crippen molar-refractivity contribution in [2.45, 2.75) is 32.6 Å². The van der Waals surface area contributed by atoms with E-state index in [0.29, 0.717) is 0 Å². The van der Waals surface area contributed by atoms with Gasteiger partial charge in [0.25, 0.3) is 5.91 Å². The number of rotatable bonds is 2. The first-order chi connectivity index (χ1) is 9.78. The lowest BCUT2D eigenvalue weighted by Gasteiger charge is -2.20. The van der Waals surface area contributed by atoms with Gasteiger partial charge in [0.2, 0.25) is 0 Å². The summed E-state index contributed by atoms with van der Waals surface area (Å²) in [6.45, 7) is 4.02. The highest BCUT2D eigenvalue weighted by atomic mass is 16.2. The molecule has 2 aromatic rings. The zero-order valence-electron chi connectivity index (χ0n) is 11.9. The molecule has 4 heteroatoms. The van der Waals surface area contributed by atoms with Crippen molar-refractivity contribution in [2.75, 3.05) is 13.1 Å². The molecule has 0 spiro atoms. The van der Waals surface area contributed by atoms with Crippen molar-refractivity contribution in [3.05, 3.63) is 30.1 Å². The van der Waals surface area contributed by atoms with Crippen LogP contribution in [0, 0.1) is 5.92 Å². The maximum absolute atomic E-state index is 12.6. The van der Waals surface area contributed by atoms with E-state index < -0.39 is 0 Å². The number of aromatic nitrogens is 2. The number of aromatic amines is 1. The predicted molar refractivity (Wildman–Crippen MR) is 79.6 cm³/mol. The van der Waals surface area contributed by atoms with Gasteiger partial charge >= 0.3 is 0 Å². The van der Waals surface area contributed by atoms with Crippen molar-refractivity contribution >= 4 is 16.9 Å². The Bertz CT molecular complexity index is 605. The first kappa shape index (κ1) is 13.2. The quantitative estimate of drug-likeness (QED) is 0.911. The third-order valence-electron chi connectivity index (χ3n) is 4.38. The fourth-order valence-corrected chi connectivity index (χ4v) is 3.03. The van der Waals surface area contributed by atoms with Crippen LogP contribution < -0.4 is 0 Å². The Morgan fingerprint density at radius 1 is 1.40 bits per heavy atom. The normalized spacial score (nSPS) is 20.1. The minimum absolute atomic E-state index is 0.151. The maximum atomic E-state index is 12.6. The number of nitrogens with zero attached hydrogens (tertiary/aromatic N) is 2. The first-order valence-corrected chi connectivity index (χ1v) is 7.50. The number of nitrogens with one attached hydrogen (secondary N) is 1. The number of benzene rings is 1. The molecule has 0 radical (unpaired) electrons. The van der Waals surface area contributed by atoms with Gasteiger partial charge in [-0.2, -0.15) is 0 Å². The second-order valence-electron chi connectivity index (χ2n) is 5.63. The van der Waals surface area contributed by atoms with E-state index in [-0.39, 0.29) is 5.91 Å². The van der Waals surface area contributed by atoms with Crippen molar-refractivity contribution in [2.24, 2.45) is 5.92 Å². The van der Waals surface area contributed by atoms with E-state index in [1.54, 1.807) is 6.33 Å². The molecule has 20 heavy (non-hydrogen) atoms. The fourth-order valence-electron chi connectivity index (χ4n) is 3.03. The van der Waals surface area contributed by atoms with Gasteiger partial charge < -0.3 is 9.88 Å². The van der Waals surface area contributed by atoms with Gasteiger partial charge in [-0.15, -0.1) is 0 Å². The number of hydrogen-bond acceptors (Lipinski definition) is 2. The molecule has 0 saturated carbocycles. The van der Waals surface area contributed by atoms with Crippen LogP contribution in [0.25, 0.3) is 11.0 Å². The molecule has 1 amide bonds. The van der Waals surface area contributed by atoms with Crippen LogP contribution in [0.2, 0.25) is 0 Å². The summed E-state index contributed by atoms with van der Waals surface area (Å²) in [7, 11) is 0. The summed E-state index contributed by atoms with van der Waals surface area (Å²) in [6.07, 6.45) is 6.39. The van der Waals surface area contributed by atoms with Crippen molar-refractivity contribution < 1.29 is 4.79 Å². The third-order valence-corrected chi connectivity index (χ3v) is 4.38. The Hall–Kier alpha value is -1.84. The molecule has 1 atom stereocenters. The van der Waals surface area contributed by atoms with E-state index in [1.807, 2.05) is 23.1 Å². The lowest BCUT2D eigenvalue weighted by Crippen LogP contribution is -2.32. The lowest BCUT2D eigenvalue weighted by molar-refractivity contribution is 0.0760. The second-order valence-corrected chi connectivity index (χ2v) is 5.63. The Balaban J connectivity index is 1.77. The molecule has 3 rings (SSSR count). The zero-order chi connectivity index (χ0) is 13.9. The average Bonchev–Trinajstić information content (AvgIpc) is 2.81. The summed E-state index contributed by atoms with van der Waals surface area (Å²) >= 11 is 0. The van der Waals surface area contributed by atoms with Gasteiger partial charge in [0.1, 0.15) is 0 Å². The molecule has 0 aliphatic carbocycles. The number of carbonyl (C=O) groups is 1. The van der Waals surface area contributed by atoms with Gasteiger partial charge in [-0.05, 0) is 43.4 Å². The molecule has 1 N–H and O–H groups in total. The number of amides is 1. The highest BCUT2D eigenvalue weighted by Crippen LogP contribution is 2.22. The van der Waals surface area contributed by atoms with Crippen molar-refractivity contribution in [1.29, 1.82) is 0 Å². The molecule has 1 aromatic heterocycles. The first-order valence-electron chi connectivity index (χ1n) is 7.50. The monoisotopic (exact) mass is 271 g/mol. The number of imidazole rings is 1. The van der Waals surface area contributed by atoms with Gasteiger partial charge in [0.05, 0.1) is 17.4 Å². The summed E-state index contributed by atoms with van der Waals surface area (Å²) in [5.74, 6) is 0.932. The highest BCUT2D eigenvalue weighted by Gasteiger charge is 2.21. The van der Waals surface area contributed by atoms with Gasteiger partial charge in [0.15, 0.2) is 0 Å². The van der Waals surface area contributed by atoms with Crippen LogP contribution in [0.5, 0.6) is 0 Å². The summed E-state index contributed by atoms with van der Waals surface area (Å²) < 4.78 is 0. The minimum atomic E-state index is 0.151. The van der Waals surface area contributed by atoms with E-state index in [2.05, 4.69) is 16.9 Å². The zero-order valence-corrected chi connectivity index (χ0v) is 11.9. The Morgan fingerprint density at radius 2 is 2.30 bits per heavy atom. The van der Waals surface area contributed by atoms with Crippen molar-refractivity contribution in [1.82, 2.24) is 14.9 Å². The number of carbonyl (C=O) groups excluding carboxylic acids is 1. The van der Waals surface area contributed by atoms with Crippen LogP contribution in [0.1, 0.15) is 43.0 Å². The smallest absolute Gasteiger partial charge is 0.253 e. The molecule has 4 nitrogen and oxygen atoms in total. The van der Waals surface area contributed by atoms with Crippen LogP contribution in [0.3, 0.4) is 0 Å². The SMILES string of the molecule is CCC1CCCN(C(=O)c2ccc3nc[nH]c3c2)CC1. The Kier molecular flexibility index (Phi) is 3.72. The maximum Gasteiger partial charge on any atom is 0.253 e. The van der Waals surface area contributed by atoms with E-state index in [0.717, 1.165) is 48.4 Å². The standard InChI is InChI=1S/C16H21N3O/c1-2-12-4-3-8-19(9-7-12)16(20)13-5-6-14-15(10-13)18-11-17-14/h5-6,10-12H,2-4,7-9H2,1H3,(H,17,18). The molecule has 1 aliphatic rings. The van der Waals surface area contributed by atoms with E-state index in [1.165, 1.54) is 12.8 Å². The molecule has 1 unspecified atom stereocenters. The third kappa shape index (κ3) is 2.55. The van der Waals surface area contributed by atoms with Crippen LogP contribution in [0.15, 0.2) is 24.5 Å². The summed E-state index contributed by atoms with van der Waals surface area (Å²) in [4.78, 5) is 21.9. The summed E-state index contributed by atoms with van der Waals surface area (Å²) in [5, 5.41) is 0. The summed E-state index contributed by atoms with van der Waals surface area (Å²) in [5.41, 5.74) is 2.59. The Morgan fingerprint density at radius 3 is 3.15 bits per heavy atom. The average molecular weight is 271 g/mol. The van der Waals surface area contributed by atoms with E-state index >= 15 is 0 Å². The van der Waals surface area contributed by atoms with Crippen molar-refractivity contribution in [3.63, 3.8) is 0 Å². The molecule has 1 aliphatic heterocycles. The van der Waals surface area contributed by atoms with Crippen LogP contribution >= 0.6 is 0 Å². The second kappa shape index (κ2) is 5.65. The number of fused-ring (bicyclic) bond motifs is 1. The molecular weight excluding hydrogens is 250 g/mol. The lowest BCUT2D eigenvalue weighted by atomic mass is 9.98. The number of H-pyrrole nitrogens is 1. The molecule has 1 saturated heterocycles. The van der Waals surface area contributed by atoms with Crippen LogP contribution in [-0.4, -0.2) is 33.9 Å². The largest absolute Gasteiger partial charge is 0.345 e. The van der Waals surface area contributed by atoms with Gasteiger partial charge in [-0.1, -0.05) is 13.3 Å². The number of hydrogen-bond donors (Lipinski definition) is 1. The predicted octanol–water partition coefficient (Wildman–Crippen LogP) is 3.22. The van der Waals surface area contributed by atoms with Crippen molar-refractivity contribution in [3.8, 4) is 0 Å². The molecule has 106 valence electrons. The van der Waals surface area contributed by atoms with Gasteiger partial charge in [-0.3, -0.25) is 4.79 Å². The molecule has 2 heterocycles. The molecule has 1 fully saturated rings. The molecular formula is C16H21N3O. The minimum Gasteiger partial charge on any atom is -0.345 e. The summed E-state index contributed by atoms with van der Waals surface area (Å²) in [6, 6.07) is 5.70. The van der Waals surface area contributed by atoms with E-state index in [4.69, 9.17) is 0 Å². The highest BCUT2D eigenvalue weighted by molar-refractivity contribution is 5.97. The molecule has 0 bridgehead atoms. The van der Waals surface area contributed by atoms with Gasteiger partial charge in [0, 0.05) is 18.7 Å². The van der Waals surface area contributed by atoms with Crippen LogP contribution in [-0.2, 0) is 0 Å². The topological polar surface area (TPSA) is 49.0 Å².